The monoisotopic (exact) mass is 412 g/mol. The first-order valence-electron chi connectivity index (χ1n) is 9.35. The molecule has 0 spiro atoms. The average Bonchev–Trinajstić information content (AvgIpc) is 3.07. The zero-order valence-corrected chi connectivity index (χ0v) is 17.8. The molecule has 3 rings (SSSR count). The number of nitro groups is 1. The van der Waals surface area contributed by atoms with Crippen LogP contribution in [0.5, 0.6) is 0 Å². The Hall–Kier alpha value is -2.84. The van der Waals surface area contributed by atoms with Crippen LogP contribution in [0, 0.1) is 24.0 Å². The number of aromatic nitrogens is 1. The highest BCUT2D eigenvalue weighted by Gasteiger charge is 2.27. The van der Waals surface area contributed by atoms with Gasteiger partial charge in [0.2, 0.25) is 0 Å². The lowest BCUT2D eigenvalue weighted by Gasteiger charge is -2.21. The zero-order chi connectivity index (χ0) is 21.1. The molecule has 7 nitrogen and oxygen atoms in total. The van der Waals surface area contributed by atoms with Gasteiger partial charge in [0.05, 0.1) is 15.1 Å². The molecule has 0 unspecified atom stereocenters. The number of anilines is 1. The van der Waals surface area contributed by atoms with Gasteiger partial charge in [0.25, 0.3) is 11.6 Å². The van der Waals surface area contributed by atoms with Crippen LogP contribution in [0.25, 0.3) is 10.2 Å². The Morgan fingerprint density at radius 1 is 1.14 bits per heavy atom. The Kier molecular flexibility index (Phi) is 6.24. The van der Waals surface area contributed by atoms with Gasteiger partial charge in [-0.05, 0) is 70.2 Å². The standard InChI is InChI=1S/C21H24N4O3S/c1-14-12-17-19(13-15(14)2)29-21(22-17)24(11-7-10-23(3)4)20(26)16-8-5-6-9-18(16)25(27)28/h5-6,8-9,12-13H,7,10-11H2,1-4H3. The van der Waals surface area contributed by atoms with Gasteiger partial charge < -0.3 is 4.90 Å². The number of hydrogen-bond donors (Lipinski definition) is 0. The number of amides is 1. The van der Waals surface area contributed by atoms with Gasteiger partial charge >= 0.3 is 0 Å². The molecule has 8 heteroatoms. The second-order valence-corrected chi connectivity index (χ2v) is 8.30. The van der Waals surface area contributed by atoms with Crippen molar-refractivity contribution in [3.8, 4) is 0 Å². The number of carbonyl (C=O) groups is 1. The van der Waals surface area contributed by atoms with E-state index in [-0.39, 0.29) is 11.3 Å². The van der Waals surface area contributed by atoms with Crippen molar-refractivity contribution >= 4 is 38.3 Å². The van der Waals surface area contributed by atoms with E-state index in [9.17, 15) is 14.9 Å². The van der Waals surface area contributed by atoms with Crippen LogP contribution < -0.4 is 4.90 Å². The molecule has 1 amide bonds. The second kappa shape index (κ2) is 8.67. The van der Waals surface area contributed by atoms with E-state index in [0.717, 1.165) is 34.3 Å². The van der Waals surface area contributed by atoms with Crippen LogP contribution in [-0.4, -0.2) is 47.9 Å². The Labute approximate surface area is 173 Å². The summed E-state index contributed by atoms with van der Waals surface area (Å²) in [6.07, 6.45) is 0.730. The molecule has 2 aromatic carbocycles. The zero-order valence-electron chi connectivity index (χ0n) is 17.0. The molecule has 0 saturated heterocycles. The van der Waals surface area contributed by atoms with E-state index in [1.54, 1.807) is 17.0 Å². The first-order chi connectivity index (χ1) is 13.8. The first-order valence-corrected chi connectivity index (χ1v) is 10.2. The average molecular weight is 413 g/mol. The normalized spacial score (nSPS) is 11.2. The molecule has 0 fully saturated rings. The fourth-order valence-electron chi connectivity index (χ4n) is 3.07. The van der Waals surface area contributed by atoms with Crippen molar-refractivity contribution in [1.29, 1.82) is 0 Å². The summed E-state index contributed by atoms with van der Waals surface area (Å²) in [5, 5.41) is 12.0. The highest BCUT2D eigenvalue weighted by molar-refractivity contribution is 7.22. The summed E-state index contributed by atoms with van der Waals surface area (Å²) < 4.78 is 0.996. The predicted molar refractivity (Wildman–Crippen MR) is 117 cm³/mol. The van der Waals surface area contributed by atoms with E-state index in [1.165, 1.54) is 23.5 Å². The molecule has 152 valence electrons. The highest BCUT2D eigenvalue weighted by atomic mass is 32.1. The lowest BCUT2D eigenvalue weighted by atomic mass is 10.1. The number of nitro benzene ring substituents is 1. The Morgan fingerprint density at radius 3 is 2.52 bits per heavy atom. The molecule has 0 radical (unpaired) electrons. The molecule has 3 aromatic rings. The van der Waals surface area contributed by atoms with E-state index in [0.29, 0.717) is 11.7 Å². The Balaban J connectivity index is 2.03. The van der Waals surface area contributed by atoms with Crippen LogP contribution in [0.4, 0.5) is 10.8 Å². The molecule has 0 atom stereocenters. The van der Waals surface area contributed by atoms with Gasteiger partial charge in [-0.2, -0.15) is 0 Å². The topological polar surface area (TPSA) is 79.6 Å². The largest absolute Gasteiger partial charge is 0.309 e. The van der Waals surface area contributed by atoms with Gasteiger partial charge in [0.15, 0.2) is 5.13 Å². The third-order valence-electron chi connectivity index (χ3n) is 4.79. The maximum absolute atomic E-state index is 13.3. The first kappa shape index (κ1) is 20.9. The van der Waals surface area contributed by atoms with E-state index < -0.39 is 10.8 Å². The minimum atomic E-state index is -0.518. The molecular formula is C21H24N4O3S. The lowest BCUT2D eigenvalue weighted by Crippen LogP contribution is -2.33. The molecule has 0 aliphatic heterocycles. The third-order valence-corrected chi connectivity index (χ3v) is 5.83. The molecule has 0 aliphatic carbocycles. The highest BCUT2D eigenvalue weighted by Crippen LogP contribution is 2.32. The molecule has 29 heavy (non-hydrogen) atoms. The number of thiazole rings is 1. The van der Waals surface area contributed by atoms with Crippen molar-refractivity contribution in [2.75, 3.05) is 32.1 Å². The van der Waals surface area contributed by atoms with E-state index in [1.807, 2.05) is 38.9 Å². The maximum Gasteiger partial charge on any atom is 0.282 e. The number of hydrogen-bond acceptors (Lipinski definition) is 6. The number of benzene rings is 2. The fraction of sp³-hybridized carbons (Fsp3) is 0.333. The van der Waals surface area contributed by atoms with Crippen molar-refractivity contribution in [2.24, 2.45) is 0 Å². The minimum Gasteiger partial charge on any atom is -0.309 e. The smallest absolute Gasteiger partial charge is 0.282 e. The quantitative estimate of drug-likeness (QED) is 0.424. The van der Waals surface area contributed by atoms with Crippen molar-refractivity contribution in [1.82, 2.24) is 9.88 Å². The van der Waals surface area contributed by atoms with Crippen molar-refractivity contribution < 1.29 is 9.72 Å². The van der Waals surface area contributed by atoms with E-state index >= 15 is 0 Å². The molecule has 0 bridgehead atoms. The molecular weight excluding hydrogens is 388 g/mol. The van der Waals surface area contributed by atoms with Gasteiger partial charge in [-0.3, -0.25) is 19.8 Å². The number of carbonyl (C=O) groups excluding carboxylic acids is 1. The number of rotatable bonds is 7. The number of nitrogens with zero attached hydrogens (tertiary/aromatic N) is 4. The predicted octanol–water partition coefficient (Wildman–Crippen LogP) is 4.42. The van der Waals surface area contributed by atoms with Crippen LogP contribution in [0.3, 0.4) is 0 Å². The molecule has 1 aromatic heterocycles. The molecule has 0 aliphatic rings. The summed E-state index contributed by atoms with van der Waals surface area (Å²) in [6.45, 7) is 5.30. The third kappa shape index (κ3) is 4.60. The SMILES string of the molecule is Cc1cc2nc(N(CCCN(C)C)C(=O)c3ccccc3[N+](=O)[O-])sc2cc1C. The summed E-state index contributed by atoms with van der Waals surface area (Å²) in [7, 11) is 3.94. The van der Waals surface area contributed by atoms with Gasteiger partial charge in [-0.15, -0.1) is 0 Å². The van der Waals surface area contributed by atoms with E-state index in [2.05, 4.69) is 11.1 Å². The van der Waals surface area contributed by atoms with Crippen molar-refractivity contribution in [3.05, 3.63) is 63.2 Å². The summed E-state index contributed by atoms with van der Waals surface area (Å²) in [5.41, 5.74) is 3.02. The van der Waals surface area contributed by atoms with Crippen LogP contribution in [0.1, 0.15) is 27.9 Å². The molecule has 0 saturated carbocycles. The van der Waals surface area contributed by atoms with Gasteiger partial charge in [-0.25, -0.2) is 4.98 Å². The summed E-state index contributed by atoms with van der Waals surface area (Å²) in [5.74, 6) is -0.399. The fourth-order valence-corrected chi connectivity index (χ4v) is 4.14. The van der Waals surface area contributed by atoms with Crippen LogP contribution in [-0.2, 0) is 0 Å². The van der Waals surface area contributed by atoms with Crippen LogP contribution in [0.2, 0.25) is 0 Å². The van der Waals surface area contributed by atoms with Gasteiger partial charge in [0, 0.05) is 12.6 Å². The molecule has 0 N–H and O–H groups in total. The maximum atomic E-state index is 13.3. The van der Waals surface area contributed by atoms with E-state index in [4.69, 9.17) is 0 Å². The number of fused-ring (bicyclic) bond motifs is 1. The summed E-state index contributed by atoms with van der Waals surface area (Å²) >= 11 is 1.43. The van der Waals surface area contributed by atoms with Crippen molar-refractivity contribution in [2.45, 2.75) is 20.3 Å². The Morgan fingerprint density at radius 2 is 1.83 bits per heavy atom. The number of aryl methyl sites for hydroxylation is 2. The van der Waals surface area contributed by atoms with Crippen LogP contribution >= 0.6 is 11.3 Å². The summed E-state index contributed by atoms with van der Waals surface area (Å²) in [6, 6.07) is 10.1. The number of para-hydroxylation sites is 1. The van der Waals surface area contributed by atoms with Gasteiger partial charge in [0.1, 0.15) is 5.56 Å². The summed E-state index contributed by atoms with van der Waals surface area (Å²) in [4.78, 5) is 32.5. The lowest BCUT2D eigenvalue weighted by molar-refractivity contribution is -0.385. The minimum absolute atomic E-state index is 0.0778. The Bertz CT molecular complexity index is 1020. The molecule has 1 heterocycles. The van der Waals surface area contributed by atoms with Crippen molar-refractivity contribution in [3.63, 3.8) is 0 Å². The second-order valence-electron chi connectivity index (χ2n) is 7.29. The van der Waals surface area contributed by atoms with Gasteiger partial charge in [-0.1, -0.05) is 23.5 Å². The van der Waals surface area contributed by atoms with Crippen LogP contribution in [0.15, 0.2) is 36.4 Å².